The maximum atomic E-state index is 11.9. The van der Waals surface area contributed by atoms with Gasteiger partial charge in [0.1, 0.15) is 5.60 Å². The van der Waals surface area contributed by atoms with Crippen LogP contribution in [0.3, 0.4) is 0 Å². The lowest BCUT2D eigenvalue weighted by Crippen LogP contribution is -2.40. The van der Waals surface area contributed by atoms with Crippen molar-refractivity contribution >= 4 is 17.9 Å². The van der Waals surface area contributed by atoms with Crippen LogP contribution in [0.1, 0.15) is 58.4 Å². The second kappa shape index (κ2) is 9.91. The number of nitrogens with two attached hydrogens (primary N) is 1. The molecule has 2 amide bonds. The van der Waals surface area contributed by atoms with Crippen molar-refractivity contribution in [2.45, 2.75) is 64.9 Å². The van der Waals surface area contributed by atoms with E-state index in [2.05, 4.69) is 0 Å². The third-order valence-electron chi connectivity index (χ3n) is 3.67. The van der Waals surface area contributed by atoms with Crippen LogP contribution in [0.25, 0.3) is 0 Å². The Hall–Kier alpha value is -2.24. The number of nitrogens with zero attached hydrogens (tertiary/aromatic N) is 1. The van der Waals surface area contributed by atoms with Gasteiger partial charge in [-0.1, -0.05) is 31.4 Å². The van der Waals surface area contributed by atoms with Crippen molar-refractivity contribution in [3.63, 3.8) is 0 Å². The summed E-state index contributed by atoms with van der Waals surface area (Å²) in [5.41, 5.74) is 7.01. The van der Waals surface area contributed by atoms with Crippen LogP contribution in [-0.2, 0) is 11.2 Å². The minimum Gasteiger partial charge on any atom is -0.465 e. The van der Waals surface area contributed by atoms with Gasteiger partial charge in [0.15, 0.2) is 0 Å². The number of aryl methyl sites for hydroxylation is 1. The van der Waals surface area contributed by atoms with Gasteiger partial charge >= 0.3 is 12.2 Å². The Balaban J connectivity index is 2.20. The molecule has 0 aliphatic heterocycles. The highest BCUT2D eigenvalue weighted by Gasteiger charge is 2.26. The highest BCUT2D eigenvalue weighted by molar-refractivity contribution is 5.86. The normalized spacial score (nSPS) is 11.2. The van der Waals surface area contributed by atoms with Gasteiger partial charge in [-0.3, -0.25) is 0 Å². The smallest absolute Gasteiger partial charge is 0.419 e. The number of benzene rings is 1. The van der Waals surface area contributed by atoms with Gasteiger partial charge in [0.05, 0.1) is 0 Å². The quantitative estimate of drug-likeness (QED) is 0.524. The summed E-state index contributed by atoms with van der Waals surface area (Å²) in [6.07, 6.45) is 3.64. The first-order chi connectivity index (χ1) is 11.7. The highest BCUT2D eigenvalue weighted by atomic mass is 16.6. The number of nitrogen functional groups attached to an aromatic ring is 1. The first kappa shape index (κ1) is 20.8. The molecule has 3 N–H and O–H groups in total. The number of hydrogen-bond donors (Lipinski definition) is 2. The molecule has 0 aromatic heterocycles. The molecule has 0 spiro atoms. The molecular weight excluding hydrogens is 320 g/mol. The molecule has 0 unspecified atom stereocenters. The summed E-state index contributed by atoms with van der Waals surface area (Å²) < 4.78 is 5.11. The number of rotatable bonds is 8. The van der Waals surface area contributed by atoms with E-state index >= 15 is 0 Å². The summed E-state index contributed by atoms with van der Waals surface area (Å²) in [5, 5.41) is 9.14. The minimum absolute atomic E-state index is 0.169. The maximum absolute atomic E-state index is 11.9. The molecule has 0 heterocycles. The molecule has 0 fully saturated rings. The average molecular weight is 350 g/mol. The molecular formula is C19H30N2O4. The number of amides is 2. The average Bonchev–Trinajstić information content (AvgIpc) is 2.49. The molecule has 140 valence electrons. The molecule has 0 atom stereocenters. The topological polar surface area (TPSA) is 92.9 Å². The predicted octanol–water partition coefficient (Wildman–Crippen LogP) is 4.68. The van der Waals surface area contributed by atoms with Crippen LogP contribution in [0, 0.1) is 0 Å². The first-order valence-electron chi connectivity index (χ1n) is 8.77. The van der Waals surface area contributed by atoms with Gasteiger partial charge in [0, 0.05) is 12.2 Å². The molecule has 0 saturated carbocycles. The molecule has 1 aromatic rings. The van der Waals surface area contributed by atoms with Crippen LogP contribution in [0.15, 0.2) is 24.3 Å². The summed E-state index contributed by atoms with van der Waals surface area (Å²) in [6.45, 7) is 5.31. The number of carbonyl (C=O) groups excluding carboxylic acids is 1. The summed E-state index contributed by atoms with van der Waals surface area (Å²) in [6, 6.07) is 7.90. The SMILES string of the molecule is CC(C)(C)OC(=O)N(CCCCCCCc1ccc(N)cc1)C(=O)O. The van der Waals surface area contributed by atoms with Crippen molar-refractivity contribution in [2.75, 3.05) is 12.3 Å². The van der Waals surface area contributed by atoms with Gasteiger partial charge in [-0.15, -0.1) is 0 Å². The number of unbranched alkanes of at least 4 members (excludes halogenated alkanes) is 4. The van der Waals surface area contributed by atoms with Gasteiger partial charge in [-0.2, -0.15) is 0 Å². The lowest BCUT2D eigenvalue weighted by atomic mass is 10.1. The Morgan fingerprint density at radius 2 is 1.60 bits per heavy atom. The van der Waals surface area contributed by atoms with Crippen LogP contribution in [0.2, 0.25) is 0 Å². The molecule has 0 aliphatic rings. The summed E-state index contributed by atoms with van der Waals surface area (Å²) in [5.74, 6) is 0. The fourth-order valence-corrected chi connectivity index (χ4v) is 2.40. The summed E-state index contributed by atoms with van der Waals surface area (Å²) >= 11 is 0. The van der Waals surface area contributed by atoms with Crippen molar-refractivity contribution in [3.05, 3.63) is 29.8 Å². The van der Waals surface area contributed by atoms with Gasteiger partial charge in [0.25, 0.3) is 0 Å². The second-order valence-corrected chi connectivity index (χ2v) is 7.17. The molecule has 0 bridgehead atoms. The van der Waals surface area contributed by atoms with Crippen molar-refractivity contribution < 1.29 is 19.4 Å². The Kier molecular flexibility index (Phi) is 8.25. The third-order valence-corrected chi connectivity index (χ3v) is 3.67. The van der Waals surface area contributed by atoms with Crippen molar-refractivity contribution in [1.29, 1.82) is 0 Å². The second-order valence-electron chi connectivity index (χ2n) is 7.17. The number of carbonyl (C=O) groups is 2. The largest absolute Gasteiger partial charge is 0.465 e. The number of anilines is 1. The number of imide groups is 1. The highest BCUT2D eigenvalue weighted by Crippen LogP contribution is 2.13. The zero-order valence-electron chi connectivity index (χ0n) is 15.5. The minimum atomic E-state index is -1.27. The van der Waals surface area contributed by atoms with Crippen LogP contribution in [-0.4, -0.2) is 34.3 Å². The lowest BCUT2D eigenvalue weighted by Gasteiger charge is -2.24. The molecule has 1 rings (SSSR count). The van der Waals surface area contributed by atoms with E-state index in [0.29, 0.717) is 6.42 Å². The van der Waals surface area contributed by atoms with Gasteiger partial charge < -0.3 is 15.6 Å². The predicted molar refractivity (Wildman–Crippen MR) is 98.6 cm³/mol. The standard InChI is InChI=1S/C19H30N2O4/c1-19(2,3)25-18(24)21(17(22)23)14-8-6-4-5-7-9-15-10-12-16(20)13-11-15/h10-13H,4-9,14,20H2,1-3H3,(H,22,23). The van der Waals surface area contributed by atoms with E-state index in [9.17, 15) is 9.59 Å². The lowest BCUT2D eigenvalue weighted by molar-refractivity contribution is 0.0267. The summed E-state index contributed by atoms with van der Waals surface area (Å²) in [7, 11) is 0. The summed E-state index contributed by atoms with van der Waals surface area (Å²) in [4.78, 5) is 23.8. The van der Waals surface area contributed by atoms with Crippen molar-refractivity contribution in [2.24, 2.45) is 0 Å². The van der Waals surface area contributed by atoms with Crippen LogP contribution in [0.5, 0.6) is 0 Å². The third kappa shape index (κ3) is 8.98. The van der Waals surface area contributed by atoms with Gasteiger partial charge in [-0.05, 0) is 57.7 Å². The Morgan fingerprint density at radius 1 is 1.04 bits per heavy atom. The van der Waals surface area contributed by atoms with E-state index in [1.165, 1.54) is 5.56 Å². The van der Waals surface area contributed by atoms with Gasteiger partial charge in [0.2, 0.25) is 0 Å². The fraction of sp³-hybridized carbons (Fsp3) is 0.579. The maximum Gasteiger partial charge on any atom is 0.419 e. The molecule has 0 aliphatic carbocycles. The van der Waals surface area contributed by atoms with E-state index in [1.54, 1.807) is 20.8 Å². The molecule has 0 saturated heterocycles. The van der Waals surface area contributed by atoms with Crippen LogP contribution >= 0.6 is 0 Å². The molecule has 25 heavy (non-hydrogen) atoms. The Bertz CT molecular complexity index is 550. The van der Waals surface area contributed by atoms with Crippen LogP contribution < -0.4 is 5.73 Å². The van der Waals surface area contributed by atoms with Crippen LogP contribution in [0.4, 0.5) is 15.3 Å². The molecule has 1 aromatic carbocycles. The van der Waals surface area contributed by atoms with Gasteiger partial charge in [-0.25, -0.2) is 14.5 Å². The number of carboxylic acid groups (broad SMARTS) is 1. The van der Waals surface area contributed by atoms with E-state index in [1.807, 2.05) is 24.3 Å². The Labute approximate surface area is 150 Å². The zero-order valence-corrected chi connectivity index (χ0v) is 15.5. The van der Waals surface area contributed by atoms with Crippen molar-refractivity contribution in [3.8, 4) is 0 Å². The molecule has 6 nitrogen and oxygen atoms in total. The number of hydrogen-bond acceptors (Lipinski definition) is 4. The van der Waals surface area contributed by atoms with E-state index in [-0.39, 0.29) is 6.54 Å². The molecule has 0 radical (unpaired) electrons. The monoisotopic (exact) mass is 350 g/mol. The first-order valence-corrected chi connectivity index (χ1v) is 8.77. The molecule has 6 heteroatoms. The van der Waals surface area contributed by atoms with E-state index in [4.69, 9.17) is 15.6 Å². The number of ether oxygens (including phenoxy) is 1. The van der Waals surface area contributed by atoms with E-state index in [0.717, 1.165) is 42.7 Å². The zero-order chi connectivity index (χ0) is 18.9. The van der Waals surface area contributed by atoms with Crippen molar-refractivity contribution in [1.82, 2.24) is 4.90 Å². The Morgan fingerprint density at radius 3 is 2.16 bits per heavy atom. The fourth-order valence-electron chi connectivity index (χ4n) is 2.40. The van der Waals surface area contributed by atoms with E-state index < -0.39 is 17.8 Å².